The van der Waals surface area contributed by atoms with E-state index in [4.69, 9.17) is 4.74 Å². The Morgan fingerprint density at radius 1 is 1.35 bits per heavy atom. The van der Waals surface area contributed by atoms with E-state index in [2.05, 4.69) is 24.1 Å². The molecule has 1 aliphatic heterocycles. The summed E-state index contributed by atoms with van der Waals surface area (Å²) in [4.78, 5) is 14.2. The lowest BCUT2D eigenvalue weighted by atomic mass is 9.77. The number of amides is 1. The van der Waals surface area contributed by atoms with Crippen LogP contribution in [-0.4, -0.2) is 42.8 Å². The van der Waals surface area contributed by atoms with Gasteiger partial charge in [-0.2, -0.15) is 0 Å². The Labute approximate surface area is 123 Å². The number of rotatable bonds is 5. The first-order valence-electron chi connectivity index (χ1n) is 8.31. The lowest BCUT2D eigenvalue weighted by molar-refractivity contribution is 0.0426. The molecule has 0 aromatic heterocycles. The largest absolute Gasteiger partial charge is 0.450 e. The van der Waals surface area contributed by atoms with Gasteiger partial charge in [0.15, 0.2) is 0 Å². The lowest BCUT2D eigenvalue weighted by Gasteiger charge is -2.46. The molecule has 2 fully saturated rings. The smallest absolute Gasteiger partial charge is 0.407 e. The Morgan fingerprint density at radius 2 is 2.10 bits per heavy atom. The van der Waals surface area contributed by atoms with Gasteiger partial charge in [-0.1, -0.05) is 20.3 Å². The van der Waals surface area contributed by atoms with Crippen molar-refractivity contribution in [3.63, 3.8) is 0 Å². The van der Waals surface area contributed by atoms with Gasteiger partial charge in [-0.05, 0) is 44.4 Å². The molecular weight excluding hydrogens is 252 g/mol. The zero-order valence-electron chi connectivity index (χ0n) is 13.2. The maximum absolute atomic E-state index is 11.6. The second kappa shape index (κ2) is 7.30. The van der Waals surface area contributed by atoms with Gasteiger partial charge in [-0.15, -0.1) is 0 Å². The summed E-state index contributed by atoms with van der Waals surface area (Å²) < 4.78 is 5.01. The molecule has 0 radical (unpaired) electrons. The summed E-state index contributed by atoms with van der Waals surface area (Å²) in [5, 5.41) is 3.03. The molecule has 1 aliphatic carbocycles. The van der Waals surface area contributed by atoms with E-state index in [9.17, 15) is 4.79 Å². The van der Waals surface area contributed by atoms with E-state index in [0.717, 1.165) is 18.9 Å². The highest BCUT2D eigenvalue weighted by atomic mass is 16.5. The predicted molar refractivity (Wildman–Crippen MR) is 80.7 cm³/mol. The number of hydrogen-bond acceptors (Lipinski definition) is 3. The summed E-state index contributed by atoms with van der Waals surface area (Å²) in [6, 6.07) is 0.949. The average molecular weight is 282 g/mol. The first-order valence-corrected chi connectivity index (χ1v) is 8.31. The fourth-order valence-corrected chi connectivity index (χ4v) is 3.82. The van der Waals surface area contributed by atoms with E-state index in [-0.39, 0.29) is 12.1 Å². The molecule has 0 spiro atoms. The summed E-state index contributed by atoms with van der Waals surface area (Å²) >= 11 is 0. The maximum atomic E-state index is 11.6. The lowest BCUT2D eigenvalue weighted by Crippen LogP contribution is -2.55. The van der Waals surface area contributed by atoms with E-state index in [1.54, 1.807) is 0 Å². The van der Waals surface area contributed by atoms with Gasteiger partial charge < -0.3 is 10.1 Å². The van der Waals surface area contributed by atoms with Crippen molar-refractivity contribution in [2.24, 2.45) is 11.8 Å². The Hall–Kier alpha value is -0.770. The number of carbonyl (C=O) groups is 1. The summed E-state index contributed by atoms with van der Waals surface area (Å²) in [6.07, 6.45) is 6.21. The summed E-state index contributed by atoms with van der Waals surface area (Å²) in [5.74, 6) is 1.53. The molecule has 0 bridgehead atoms. The van der Waals surface area contributed by atoms with Crippen LogP contribution in [0.1, 0.15) is 52.9 Å². The van der Waals surface area contributed by atoms with Gasteiger partial charge in [-0.3, -0.25) is 4.90 Å². The molecular formula is C16H30N2O2. The highest BCUT2D eigenvalue weighted by Crippen LogP contribution is 2.35. The van der Waals surface area contributed by atoms with Crippen molar-refractivity contribution in [2.45, 2.75) is 65.0 Å². The summed E-state index contributed by atoms with van der Waals surface area (Å²) in [7, 11) is 0. The average Bonchev–Trinajstić information content (AvgIpc) is 2.32. The molecule has 0 aromatic rings. The topological polar surface area (TPSA) is 41.6 Å². The molecule has 4 nitrogen and oxygen atoms in total. The van der Waals surface area contributed by atoms with Gasteiger partial charge in [0.25, 0.3) is 0 Å². The first kappa shape index (κ1) is 15.6. The number of hydrogen-bond donors (Lipinski definition) is 1. The Balaban J connectivity index is 1.90. The highest BCUT2D eigenvalue weighted by Gasteiger charge is 2.35. The van der Waals surface area contributed by atoms with E-state index in [1.165, 1.54) is 32.2 Å². The second-order valence-corrected chi connectivity index (χ2v) is 6.52. The quantitative estimate of drug-likeness (QED) is 0.842. The molecule has 1 saturated heterocycles. The molecule has 2 rings (SSSR count). The van der Waals surface area contributed by atoms with Crippen LogP contribution in [-0.2, 0) is 4.74 Å². The number of nitrogens with zero attached hydrogens (tertiary/aromatic N) is 1. The van der Waals surface area contributed by atoms with Crippen LogP contribution in [0, 0.1) is 11.8 Å². The Bertz CT molecular complexity index is 318. The first-order chi connectivity index (χ1) is 9.63. The third kappa shape index (κ3) is 3.87. The van der Waals surface area contributed by atoms with E-state index < -0.39 is 0 Å². The zero-order chi connectivity index (χ0) is 14.5. The predicted octanol–water partition coefficient (Wildman–Crippen LogP) is 3.02. The number of piperidine rings is 1. The fourth-order valence-electron chi connectivity index (χ4n) is 3.82. The molecule has 0 aromatic carbocycles. The molecule has 4 heteroatoms. The van der Waals surface area contributed by atoms with Gasteiger partial charge in [0.05, 0.1) is 6.61 Å². The third-order valence-corrected chi connectivity index (χ3v) is 4.87. The molecule has 1 heterocycles. The van der Waals surface area contributed by atoms with E-state index in [1.807, 2.05) is 6.92 Å². The van der Waals surface area contributed by atoms with E-state index >= 15 is 0 Å². The summed E-state index contributed by atoms with van der Waals surface area (Å²) in [5.41, 5.74) is 0. The number of carbonyl (C=O) groups excluding carboxylic acids is 1. The minimum Gasteiger partial charge on any atom is -0.450 e. The second-order valence-electron chi connectivity index (χ2n) is 6.52. The maximum Gasteiger partial charge on any atom is 0.407 e. The summed E-state index contributed by atoms with van der Waals surface area (Å²) in [6.45, 7) is 9.04. The Kier molecular flexibility index (Phi) is 5.70. The van der Waals surface area contributed by atoms with Crippen LogP contribution >= 0.6 is 0 Å². The zero-order valence-corrected chi connectivity index (χ0v) is 13.2. The number of likely N-dealkylation sites (tertiary alicyclic amines) is 1. The normalized spacial score (nSPS) is 29.6. The van der Waals surface area contributed by atoms with Crippen LogP contribution in [0.15, 0.2) is 0 Å². The monoisotopic (exact) mass is 282 g/mol. The van der Waals surface area contributed by atoms with Crippen LogP contribution in [0.3, 0.4) is 0 Å². The van der Waals surface area contributed by atoms with Gasteiger partial charge in [0.2, 0.25) is 0 Å². The Morgan fingerprint density at radius 3 is 2.65 bits per heavy atom. The number of ether oxygens (including phenoxy) is 1. The molecule has 1 saturated carbocycles. The number of nitrogens with one attached hydrogen (secondary N) is 1. The van der Waals surface area contributed by atoms with Gasteiger partial charge in [0.1, 0.15) is 0 Å². The number of alkyl carbamates (subject to hydrolysis) is 1. The van der Waals surface area contributed by atoms with Crippen molar-refractivity contribution in [1.29, 1.82) is 0 Å². The molecule has 116 valence electrons. The SMILES string of the molecule is CCOC(=O)NC1CC(C)CN(C(CC)C2CCC2)C1. The molecule has 3 atom stereocenters. The van der Waals surface area contributed by atoms with Crippen molar-refractivity contribution in [2.75, 3.05) is 19.7 Å². The van der Waals surface area contributed by atoms with Gasteiger partial charge in [-0.25, -0.2) is 4.79 Å². The van der Waals surface area contributed by atoms with Crippen LogP contribution in [0.4, 0.5) is 4.79 Å². The minimum absolute atomic E-state index is 0.243. The van der Waals surface area contributed by atoms with Crippen LogP contribution in [0.5, 0.6) is 0 Å². The molecule has 1 amide bonds. The van der Waals surface area contributed by atoms with E-state index in [0.29, 0.717) is 18.6 Å². The molecule has 2 aliphatic rings. The molecule has 20 heavy (non-hydrogen) atoms. The van der Waals surface area contributed by atoms with Crippen molar-refractivity contribution in [3.05, 3.63) is 0 Å². The highest BCUT2D eigenvalue weighted by molar-refractivity contribution is 5.67. The molecule has 1 N–H and O–H groups in total. The van der Waals surface area contributed by atoms with Gasteiger partial charge >= 0.3 is 6.09 Å². The van der Waals surface area contributed by atoms with Crippen LogP contribution < -0.4 is 5.32 Å². The van der Waals surface area contributed by atoms with Crippen molar-refractivity contribution < 1.29 is 9.53 Å². The van der Waals surface area contributed by atoms with Crippen LogP contribution in [0.2, 0.25) is 0 Å². The van der Waals surface area contributed by atoms with Crippen molar-refractivity contribution in [3.8, 4) is 0 Å². The molecule has 3 unspecified atom stereocenters. The van der Waals surface area contributed by atoms with Crippen molar-refractivity contribution >= 4 is 6.09 Å². The minimum atomic E-state index is -0.261. The third-order valence-electron chi connectivity index (χ3n) is 4.87. The standard InChI is InChI=1S/C16H30N2O2/c1-4-15(13-7-6-8-13)18-10-12(3)9-14(11-18)17-16(19)20-5-2/h12-15H,4-11H2,1-3H3,(H,17,19). The van der Waals surface area contributed by atoms with Gasteiger partial charge in [0, 0.05) is 25.2 Å². The van der Waals surface area contributed by atoms with Crippen LogP contribution in [0.25, 0.3) is 0 Å². The fraction of sp³-hybridized carbons (Fsp3) is 0.938. The van der Waals surface area contributed by atoms with Crippen molar-refractivity contribution in [1.82, 2.24) is 10.2 Å².